The Morgan fingerprint density at radius 3 is 1.43 bits per heavy atom. The van der Waals surface area contributed by atoms with Crippen molar-refractivity contribution in [2.75, 3.05) is 26.4 Å². The Kier molecular flexibility index (Phi) is 11.1. The quantitative estimate of drug-likeness (QED) is 0.454. The summed E-state index contributed by atoms with van der Waals surface area (Å²) in [4.78, 5) is 0. The fourth-order valence-electron chi connectivity index (χ4n) is 2.07. The number of aliphatic hydroxyl groups is 1. The Labute approximate surface area is 165 Å². The van der Waals surface area contributed by atoms with Crippen LogP contribution in [0.2, 0.25) is 0 Å². The van der Waals surface area contributed by atoms with E-state index in [0.29, 0.717) is 43.5 Å². The first-order chi connectivity index (χ1) is 13.5. The van der Waals surface area contributed by atoms with Crippen molar-refractivity contribution in [3.63, 3.8) is 0 Å². The molecule has 0 amide bonds. The molecular formula is C21H30O7. The Morgan fingerprint density at radius 2 is 1.00 bits per heavy atom. The second kappa shape index (κ2) is 13.4. The third-order valence-corrected chi connectivity index (χ3v) is 3.26. The van der Waals surface area contributed by atoms with E-state index >= 15 is 0 Å². The van der Waals surface area contributed by atoms with Crippen LogP contribution in [0.1, 0.15) is 33.1 Å². The van der Waals surface area contributed by atoms with Gasteiger partial charge in [-0.3, -0.25) is 0 Å². The fourth-order valence-corrected chi connectivity index (χ4v) is 2.07. The third kappa shape index (κ3) is 9.78. The van der Waals surface area contributed by atoms with Crippen molar-refractivity contribution in [1.82, 2.24) is 0 Å². The molecule has 2 rings (SSSR count). The first-order valence-electron chi connectivity index (χ1n) is 9.34. The standard InChI is InChI=1S/C12H18O4.C9H12O3/c1-2-5-15-11-7-10(14)8-12(9-11)16-6-3-4-13;1-2-3-12-9-5-7(10)4-8(11)6-9/h7-9,13-14H,2-6H2,1H3;4-6,10-11H,2-3H2,1H3. The highest BCUT2D eigenvalue weighted by molar-refractivity contribution is 5.41. The van der Waals surface area contributed by atoms with Crippen LogP contribution in [-0.4, -0.2) is 46.9 Å². The van der Waals surface area contributed by atoms with Crippen molar-refractivity contribution in [2.24, 2.45) is 0 Å². The van der Waals surface area contributed by atoms with Gasteiger partial charge in [-0.05, 0) is 12.8 Å². The molecule has 0 radical (unpaired) electrons. The summed E-state index contributed by atoms with van der Waals surface area (Å²) in [6.45, 7) is 5.72. The summed E-state index contributed by atoms with van der Waals surface area (Å²) in [5.41, 5.74) is 0. The molecule has 2 aromatic rings. The SMILES string of the molecule is CCCOc1cc(O)cc(O)c1.CCCOc1cc(O)cc(OCCCO)c1. The summed E-state index contributed by atoms with van der Waals surface area (Å²) in [5.74, 6) is 1.80. The largest absolute Gasteiger partial charge is 0.508 e. The zero-order chi connectivity index (χ0) is 20.8. The molecule has 2 aromatic carbocycles. The molecule has 4 N–H and O–H groups in total. The predicted molar refractivity (Wildman–Crippen MR) is 107 cm³/mol. The molecule has 156 valence electrons. The Balaban J connectivity index is 0.000000292. The van der Waals surface area contributed by atoms with Crippen LogP contribution in [0.15, 0.2) is 36.4 Å². The smallest absolute Gasteiger partial charge is 0.126 e. The van der Waals surface area contributed by atoms with E-state index in [1.807, 2.05) is 13.8 Å². The van der Waals surface area contributed by atoms with Crippen molar-refractivity contribution in [2.45, 2.75) is 33.1 Å². The number of aliphatic hydroxyl groups excluding tert-OH is 1. The van der Waals surface area contributed by atoms with E-state index < -0.39 is 0 Å². The number of aromatic hydroxyl groups is 3. The van der Waals surface area contributed by atoms with E-state index in [4.69, 9.17) is 29.5 Å². The maximum Gasteiger partial charge on any atom is 0.126 e. The number of phenols is 3. The number of ether oxygens (including phenoxy) is 3. The first-order valence-corrected chi connectivity index (χ1v) is 9.34. The molecule has 0 aliphatic carbocycles. The van der Waals surface area contributed by atoms with Gasteiger partial charge in [-0.1, -0.05) is 13.8 Å². The lowest BCUT2D eigenvalue weighted by molar-refractivity contribution is 0.232. The monoisotopic (exact) mass is 394 g/mol. The molecule has 0 aliphatic rings. The van der Waals surface area contributed by atoms with Crippen LogP contribution in [0.3, 0.4) is 0 Å². The van der Waals surface area contributed by atoms with Crippen molar-refractivity contribution < 1.29 is 34.6 Å². The molecule has 0 aromatic heterocycles. The van der Waals surface area contributed by atoms with Gasteiger partial charge in [0.05, 0.1) is 19.8 Å². The van der Waals surface area contributed by atoms with Gasteiger partial charge in [-0.2, -0.15) is 0 Å². The van der Waals surface area contributed by atoms with Crippen LogP contribution < -0.4 is 14.2 Å². The third-order valence-electron chi connectivity index (χ3n) is 3.26. The molecule has 0 saturated carbocycles. The van der Waals surface area contributed by atoms with Crippen LogP contribution in [0, 0.1) is 0 Å². The number of hydrogen-bond acceptors (Lipinski definition) is 7. The Morgan fingerprint density at radius 1 is 0.607 bits per heavy atom. The van der Waals surface area contributed by atoms with E-state index in [1.54, 1.807) is 12.1 Å². The number of phenolic OH excluding ortho intramolecular Hbond substituents is 3. The molecule has 0 unspecified atom stereocenters. The number of benzene rings is 2. The molecule has 7 nitrogen and oxygen atoms in total. The van der Waals surface area contributed by atoms with Gasteiger partial charge in [0.1, 0.15) is 34.5 Å². The van der Waals surface area contributed by atoms with Gasteiger partial charge >= 0.3 is 0 Å². The second-order valence-electron chi connectivity index (χ2n) is 5.97. The summed E-state index contributed by atoms with van der Waals surface area (Å²) in [6, 6.07) is 9.00. The normalized spacial score (nSPS) is 9.96. The minimum atomic E-state index is 0.0149. The Bertz CT molecular complexity index is 668. The minimum Gasteiger partial charge on any atom is -0.508 e. The molecule has 0 aliphatic heterocycles. The van der Waals surface area contributed by atoms with Crippen LogP contribution in [0.25, 0.3) is 0 Å². The molecule has 0 saturated heterocycles. The molecule has 0 fully saturated rings. The van der Waals surface area contributed by atoms with Crippen LogP contribution in [0.4, 0.5) is 0 Å². The summed E-state index contributed by atoms with van der Waals surface area (Å²) in [5, 5.41) is 36.2. The molecule has 7 heteroatoms. The first kappa shape index (κ1) is 23.2. The van der Waals surface area contributed by atoms with Gasteiger partial charge in [0.15, 0.2) is 0 Å². The number of rotatable bonds is 10. The topological polar surface area (TPSA) is 109 Å². The molecule has 28 heavy (non-hydrogen) atoms. The summed E-state index contributed by atoms with van der Waals surface area (Å²) in [7, 11) is 0. The Hall–Kier alpha value is -2.80. The maximum atomic E-state index is 9.44. The average Bonchev–Trinajstić information content (AvgIpc) is 2.64. The molecule has 0 heterocycles. The lowest BCUT2D eigenvalue weighted by Crippen LogP contribution is -2.00. The van der Waals surface area contributed by atoms with Crippen LogP contribution in [0.5, 0.6) is 34.5 Å². The lowest BCUT2D eigenvalue weighted by atomic mass is 10.3. The second-order valence-corrected chi connectivity index (χ2v) is 5.97. The van der Waals surface area contributed by atoms with Crippen molar-refractivity contribution in [3.8, 4) is 34.5 Å². The van der Waals surface area contributed by atoms with Crippen molar-refractivity contribution in [1.29, 1.82) is 0 Å². The number of hydrogen-bond donors (Lipinski definition) is 4. The average molecular weight is 394 g/mol. The maximum absolute atomic E-state index is 9.44. The zero-order valence-corrected chi connectivity index (χ0v) is 16.4. The molecule has 0 atom stereocenters. The van der Waals surface area contributed by atoms with E-state index in [9.17, 15) is 5.11 Å². The van der Waals surface area contributed by atoms with Crippen molar-refractivity contribution >= 4 is 0 Å². The highest BCUT2D eigenvalue weighted by atomic mass is 16.5. The van der Waals surface area contributed by atoms with E-state index in [2.05, 4.69) is 0 Å². The zero-order valence-electron chi connectivity index (χ0n) is 16.4. The molecule has 0 spiro atoms. The van der Waals surface area contributed by atoms with E-state index in [-0.39, 0.29) is 23.9 Å². The van der Waals surface area contributed by atoms with E-state index in [1.165, 1.54) is 24.3 Å². The van der Waals surface area contributed by atoms with Crippen LogP contribution >= 0.6 is 0 Å². The molecular weight excluding hydrogens is 364 g/mol. The van der Waals surface area contributed by atoms with Gasteiger partial charge in [0.25, 0.3) is 0 Å². The molecule has 0 bridgehead atoms. The van der Waals surface area contributed by atoms with Gasteiger partial charge in [-0.15, -0.1) is 0 Å². The minimum absolute atomic E-state index is 0.0149. The van der Waals surface area contributed by atoms with Gasteiger partial charge < -0.3 is 34.6 Å². The van der Waals surface area contributed by atoms with Gasteiger partial charge in [0, 0.05) is 49.4 Å². The summed E-state index contributed by atoms with van der Waals surface area (Å²) in [6.07, 6.45) is 2.38. The van der Waals surface area contributed by atoms with Crippen molar-refractivity contribution in [3.05, 3.63) is 36.4 Å². The predicted octanol–water partition coefficient (Wildman–Crippen LogP) is 3.83. The van der Waals surface area contributed by atoms with Crippen LogP contribution in [-0.2, 0) is 0 Å². The highest BCUT2D eigenvalue weighted by Crippen LogP contribution is 2.27. The fraction of sp³-hybridized carbons (Fsp3) is 0.429. The summed E-state index contributed by atoms with van der Waals surface area (Å²) < 4.78 is 15.9. The highest BCUT2D eigenvalue weighted by Gasteiger charge is 2.02. The van der Waals surface area contributed by atoms with E-state index in [0.717, 1.165) is 12.8 Å². The summed E-state index contributed by atoms with van der Waals surface area (Å²) >= 11 is 0. The van der Waals surface area contributed by atoms with Gasteiger partial charge in [-0.25, -0.2) is 0 Å². The lowest BCUT2D eigenvalue weighted by Gasteiger charge is -2.09. The van der Waals surface area contributed by atoms with Gasteiger partial charge in [0.2, 0.25) is 0 Å².